The Morgan fingerprint density at radius 2 is 1.89 bits per heavy atom. The summed E-state index contributed by atoms with van der Waals surface area (Å²) in [5.74, 6) is -0.230. The Labute approximate surface area is 221 Å². The summed E-state index contributed by atoms with van der Waals surface area (Å²) < 4.78 is 21.2. The number of carbonyl (C=O) groups is 2. The average Bonchev–Trinajstić information content (AvgIpc) is 3.05. The van der Waals surface area contributed by atoms with Gasteiger partial charge in [0, 0.05) is 50.4 Å². The lowest BCUT2D eigenvalue weighted by molar-refractivity contribution is -0.128. The fourth-order valence-electron chi connectivity index (χ4n) is 5.42. The van der Waals surface area contributed by atoms with E-state index in [9.17, 15) is 14.0 Å². The zero-order valence-corrected chi connectivity index (χ0v) is 22.0. The van der Waals surface area contributed by atoms with E-state index >= 15 is 0 Å². The highest BCUT2D eigenvalue weighted by atomic mass is 35.5. The van der Waals surface area contributed by atoms with Crippen LogP contribution in [0.5, 0.6) is 5.75 Å². The van der Waals surface area contributed by atoms with Crippen LogP contribution in [-0.4, -0.2) is 96.0 Å². The van der Waals surface area contributed by atoms with E-state index in [0.717, 1.165) is 6.54 Å². The number of benzene rings is 1. The number of fused-ring (bicyclic) bond motifs is 2. The van der Waals surface area contributed by atoms with Crippen molar-refractivity contribution in [1.29, 1.82) is 0 Å². The summed E-state index contributed by atoms with van der Waals surface area (Å²) in [7, 11) is 2.07. The maximum absolute atomic E-state index is 14.9. The summed E-state index contributed by atoms with van der Waals surface area (Å²) in [4.78, 5) is 39.0. The molecule has 3 atom stereocenters. The smallest absolute Gasteiger partial charge is 0.261 e. The van der Waals surface area contributed by atoms with Gasteiger partial charge in [0.1, 0.15) is 28.8 Å². The molecule has 196 valence electrons. The maximum Gasteiger partial charge on any atom is 0.261 e. The predicted molar refractivity (Wildman–Crippen MR) is 141 cm³/mol. The summed E-state index contributed by atoms with van der Waals surface area (Å²) in [6.07, 6.45) is 1.28. The summed E-state index contributed by atoms with van der Waals surface area (Å²) in [6.45, 7) is 10.4. The standard InChI is InChI=1S/C27H31ClFN5O3/c1-5-21(35)32-11-13-34-18(14-32)15-37-25-22(27(34)36)26(33-12-10-31(4)16(2)17(33)3)30-24(23(25)28)19-8-6-7-9-20(19)29/h5-9,16-18H,1,10-15H2,2-4H3/t16-,17+,18+/m0/s1. The highest BCUT2D eigenvalue weighted by Gasteiger charge is 2.42. The van der Waals surface area contributed by atoms with Crippen LogP contribution < -0.4 is 9.64 Å². The molecule has 0 N–H and O–H groups in total. The van der Waals surface area contributed by atoms with Crippen molar-refractivity contribution in [2.75, 3.05) is 51.3 Å². The molecule has 37 heavy (non-hydrogen) atoms. The molecule has 8 nitrogen and oxygen atoms in total. The predicted octanol–water partition coefficient (Wildman–Crippen LogP) is 3.30. The van der Waals surface area contributed by atoms with E-state index in [0.29, 0.717) is 37.6 Å². The summed E-state index contributed by atoms with van der Waals surface area (Å²) in [5.41, 5.74) is 0.773. The topological polar surface area (TPSA) is 69.2 Å². The maximum atomic E-state index is 14.9. The number of aromatic nitrogens is 1. The van der Waals surface area contributed by atoms with E-state index in [1.54, 1.807) is 28.0 Å². The monoisotopic (exact) mass is 527 g/mol. The molecule has 5 rings (SSSR count). The van der Waals surface area contributed by atoms with Gasteiger partial charge in [0.2, 0.25) is 5.91 Å². The first-order valence-corrected chi connectivity index (χ1v) is 12.9. The normalized spacial score (nSPS) is 24.2. The fraction of sp³-hybridized carbons (Fsp3) is 0.444. The van der Waals surface area contributed by atoms with Crippen molar-refractivity contribution < 1.29 is 18.7 Å². The molecule has 0 radical (unpaired) electrons. The van der Waals surface area contributed by atoms with Gasteiger partial charge in [-0.3, -0.25) is 14.5 Å². The Hall–Kier alpha value is -3.17. The van der Waals surface area contributed by atoms with E-state index in [2.05, 4.69) is 37.3 Å². The lowest BCUT2D eigenvalue weighted by Crippen LogP contribution is -2.58. The van der Waals surface area contributed by atoms with E-state index in [1.807, 2.05) is 0 Å². The zero-order valence-electron chi connectivity index (χ0n) is 21.3. The molecule has 10 heteroatoms. The van der Waals surface area contributed by atoms with Crippen molar-refractivity contribution in [2.45, 2.75) is 32.0 Å². The molecule has 0 saturated carbocycles. The van der Waals surface area contributed by atoms with Crippen LogP contribution in [0.4, 0.5) is 10.2 Å². The fourth-order valence-corrected chi connectivity index (χ4v) is 5.71. The molecule has 2 fully saturated rings. The molecule has 1 aromatic carbocycles. The molecule has 0 bridgehead atoms. The molecule has 2 amide bonds. The van der Waals surface area contributed by atoms with Crippen LogP contribution in [0.2, 0.25) is 5.02 Å². The van der Waals surface area contributed by atoms with Crippen LogP contribution >= 0.6 is 11.6 Å². The minimum Gasteiger partial charge on any atom is -0.489 e. The quantitative estimate of drug-likeness (QED) is 0.571. The molecule has 0 spiro atoms. The number of hydrogen-bond acceptors (Lipinski definition) is 6. The van der Waals surface area contributed by atoms with Gasteiger partial charge in [-0.15, -0.1) is 0 Å². The van der Waals surface area contributed by atoms with Crippen LogP contribution in [0.15, 0.2) is 36.9 Å². The van der Waals surface area contributed by atoms with Gasteiger partial charge < -0.3 is 19.4 Å². The number of pyridine rings is 1. The average molecular weight is 528 g/mol. The third kappa shape index (κ3) is 4.34. The van der Waals surface area contributed by atoms with Gasteiger partial charge in [-0.05, 0) is 39.1 Å². The molecule has 2 aromatic rings. The number of carbonyl (C=O) groups excluding carboxylic acids is 2. The molecule has 3 aliphatic heterocycles. The number of halogens is 2. The van der Waals surface area contributed by atoms with Gasteiger partial charge in [-0.1, -0.05) is 30.3 Å². The minimum atomic E-state index is -0.460. The van der Waals surface area contributed by atoms with Crippen LogP contribution in [0.3, 0.4) is 0 Å². The molecular formula is C27H31ClFN5O3. The van der Waals surface area contributed by atoms with E-state index in [-0.39, 0.29) is 58.6 Å². The number of amides is 2. The molecule has 3 aliphatic rings. The van der Waals surface area contributed by atoms with Gasteiger partial charge in [-0.25, -0.2) is 9.37 Å². The lowest BCUT2D eigenvalue weighted by Gasteiger charge is -2.45. The third-order valence-electron chi connectivity index (χ3n) is 7.92. The highest BCUT2D eigenvalue weighted by Crippen LogP contribution is 2.44. The summed E-state index contributed by atoms with van der Waals surface area (Å²) >= 11 is 6.84. The number of hydrogen-bond donors (Lipinski definition) is 0. The highest BCUT2D eigenvalue weighted by molar-refractivity contribution is 6.35. The van der Waals surface area contributed by atoms with Crippen LogP contribution in [0.25, 0.3) is 11.3 Å². The molecular weight excluding hydrogens is 497 g/mol. The number of ether oxygens (including phenoxy) is 1. The molecule has 2 saturated heterocycles. The van der Waals surface area contributed by atoms with E-state index < -0.39 is 5.82 Å². The Morgan fingerprint density at radius 1 is 1.16 bits per heavy atom. The summed E-state index contributed by atoms with van der Waals surface area (Å²) in [5, 5.41) is 0.103. The van der Waals surface area contributed by atoms with Crippen LogP contribution in [0.1, 0.15) is 24.2 Å². The minimum absolute atomic E-state index is 0.0268. The lowest BCUT2D eigenvalue weighted by atomic mass is 10.0. The second kappa shape index (κ2) is 9.95. The largest absolute Gasteiger partial charge is 0.489 e. The number of rotatable bonds is 3. The second-order valence-electron chi connectivity index (χ2n) is 9.89. The van der Waals surface area contributed by atoms with Gasteiger partial charge in [-0.2, -0.15) is 0 Å². The number of piperazine rings is 2. The van der Waals surface area contributed by atoms with E-state index in [1.165, 1.54) is 12.1 Å². The van der Waals surface area contributed by atoms with Crippen molar-refractivity contribution in [3.05, 3.63) is 53.3 Å². The third-order valence-corrected chi connectivity index (χ3v) is 8.27. The van der Waals surface area contributed by atoms with Crippen molar-refractivity contribution in [3.63, 3.8) is 0 Å². The van der Waals surface area contributed by atoms with Crippen molar-refractivity contribution in [3.8, 4) is 17.0 Å². The summed E-state index contributed by atoms with van der Waals surface area (Å²) in [6, 6.07) is 6.17. The molecule has 1 aromatic heterocycles. The number of nitrogens with zero attached hydrogens (tertiary/aromatic N) is 5. The van der Waals surface area contributed by atoms with Crippen molar-refractivity contribution >= 4 is 29.2 Å². The molecule has 0 aliphatic carbocycles. The Bertz CT molecular complexity index is 1260. The Kier molecular flexibility index (Phi) is 6.85. The SMILES string of the molecule is C=CC(=O)N1CCN2C(=O)c3c(N4CCN(C)[C@@H](C)[C@H]4C)nc(-c4ccccc4F)c(Cl)c3OC[C@H]2C1. The van der Waals surface area contributed by atoms with Crippen LogP contribution in [0, 0.1) is 5.82 Å². The van der Waals surface area contributed by atoms with E-state index in [4.69, 9.17) is 21.3 Å². The van der Waals surface area contributed by atoms with Crippen LogP contribution in [-0.2, 0) is 4.79 Å². The first-order valence-electron chi connectivity index (χ1n) is 12.5. The Balaban J connectivity index is 1.66. The first-order chi connectivity index (χ1) is 17.7. The van der Waals surface area contributed by atoms with Gasteiger partial charge in [0.25, 0.3) is 5.91 Å². The Morgan fingerprint density at radius 3 is 2.62 bits per heavy atom. The molecule has 4 heterocycles. The first kappa shape index (κ1) is 25.5. The second-order valence-corrected chi connectivity index (χ2v) is 10.3. The van der Waals surface area contributed by atoms with Gasteiger partial charge >= 0.3 is 0 Å². The van der Waals surface area contributed by atoms with Gasteiger partial charge in [0.05, 0.1) is 11.7 Å². The van der Waals surface area contributed by atoms with Gasteiger partial charge in [0.15, 0.2) is 5.75 Å². The molecule has 0 unspecified atom stereocenters. The zero-order chi connectivity index (χ0) is 26.4. The van der Waals surface area contributed by atoms with Crippen molar-refractivity contribution in [1.82, 2.24) is 19.7 Å². The number of anilines is 1. The van der Waals surface area contributed by atoms with Crippen molar-refractivity contribution in [2.24, 2.45) is 0 Å². The number of likely N-dealkylation sites (N-methyl/N-ethyl adjacent to an activating group) is 1.